The first kappa shape index (κ1) is 20.2. The highest BCUT2D eigenvalue weighted by Gasteiger charge is 2.18. The molecule has 1 aromatic heterocycles. The molecule has 3 aromatic carbocycles. The molecule has 156 valence electrons. The largest absolute Gasteiger partial charge is 0.489 e. The highest BCUT2D eigenvalue weighted by atomic mass is 16.5. The summed E-state index contributed by atoms with van der Waals surface area (Å²) in [5.74, 6) is 0.458. The fourth-order valence-electron chi connectivity index (χ4n) is 3.33. The number of nitrogens with one attached hydrogen (secondary N) is 1. The van der Waals surface area contributed by atoms with Crippen LogP contribution >= 0.6 is 0 Å². The van der Waals surface area contributed by atoms with Crippen LogP contribution in [0.5, 0.6) is 5.75 Å². The lowest BCUT2D eigenvalue weighted by molar-refractivity contribution is 0.102. The highest BCUT2D eigenvalue weighted by molar-refractivity contribution is 6.04. The Morgan fingerprint density at radius 2 is 1.52 bits per heavy atom. The molecule has 6 heteroatoms. The van der Waals surface area contributed by atoms with E-state index in [1.54, 1.807) is 30.8 Å². The number of carbonyl (C=O) groups is 1. The number of benzene rings is 3. The maximum Gasteiger partial charge on any atom is 0.295 e. The highest BCUT2D eigenvalue weighted by Crippen LogP contribution is 2.16. The van der Waals surface area contributed by atoms with Crippen LogP contribution < -0.4 is 15.6 Å². The second kappa shape index (κ2) is 8.75. The third-order valence-corrected chi connectivity index (χ3v) is 5.16. The van der Waals surface area contributed by atoms with Gasteiger partial charge in [-0.15, -0.1) is 0 Å². The van der Waals surface area contributed by atoms with Gasteiger partial charge in [0.15, 0.2) is 0 Å². The van der Waals surface area contributed by atoms with Crippen molar-refractivity contribution in [3.63, 3.8) is 0 Å². The maximum absolute atomic E-state index is 13.0. The predicted octanol–water partition coefficient (Wildman–Crippen LogP) is 4.32. The fourth-order valence-corrected chi connectivity index (χ4v) is 3.33. The van der Waals surface area contributed by atoms with Crippen molar-refractivity contribution in [1.29, 1.82) is 0 Å². The average molecular weight is 413 g/mol. The molecule has 1 heterocycles. The standard InChI is InChI=1S/C25H23N3O3/c1-18-23(25(30)28(27(18)2)21-9-5-3-6-10-21)26-24(29)20-15-13-19(14-16-20)17-31-22-11-7-4-8-12-22/h3-16H,17H2,1-2H3,(H,26,29). The van der Waals surface area contributed by atoms with Crippen molar-refractivity contribution in [3.8, 4) is 11.4 Å². The van der Waals surface area contributed by atoms with Gasteiger partial charge in [0.2, 0.25) is 0 Å². The molecule has 1 N–H and O–H groups in total. The number of nitrogens with zero attached hydrogens (tertiary/aromatic N) is 2. The minimum Gasteiger partial charge on any atom is -0.489 e. The SMILES string of the molecule is Cc1c(NC(=O)c2ccc(COc3ccccc3)cc2)c(=O)n(-c2ccccc2)n1C. The van der Waals surface area contributed by atoms with Gasteiger partial charge in [0, 0.05) is 12.6 Å². The number of aromatic nitrogens is 2. The average Bonchev–Trinajstić information content (AvgIpc) is 3.02. The summed E-state index contributed by atoms with van der Waals surface area (Å²) in [6, 6.07) is 26.0. The summed E-state index contributed by atoms with van der Waals surface area (Å²) in [7, 11) is 1.79. The second-order valence-electron chi connectivity index (χ2n) is 7.19. The molecule has 0 radical (unpaired) electrons. The fraction of sp³-hybridized carbons (Fsp3) is 0.120. The van der Waals surface area contributed by atoms with Gasteiger partial charge in [0.25, 0.3) is 11.5 Å². The van der Waals surface area contributed by atoms with Gasteiger partial charge in [-0.05, 0) is 48.9 Å². The summed E-state index contributed by atoms with van der Waals surface area (Å²) in [6.07, 6.45) is 0. The van der Waals surface area contributed by atoms with Crippen molar-refractivity contribution in [2.75, 3.05) is 5.32 Å². The summed E-state index contributed by atoms with van der Waals surface area (Å²) < 4.78 is 9.00. The van der Waals surface area contributed by atoms with Crippen LogP contribution in [0.15, 0.2) is 89.7 Å². The molecular formula is C25H23N3O3. The first-order valence-corrected chi connectivity index (χ1v) is 9.97. The second-order valence-corrected chi connectivity index (χ2v) is 7.19. The van der Waals surface area contributed by atoms with E-state index in [4.69, 9.17) is 4.74 Å². The zero-order chi connectivity index (χ0) is 21.8. The van der Waals surface area contributed by atoms with E-state index in [0.29, 0.717) is 17.9 Å². The van der Waals surface area contributed by atoms with Crippen LogP contribution in [-0.2, 0) is 13.7 Å². The lowest BCUT2D eigenvalue weighted by Crippen LogP contribution is -2.22. The molecule has 4 rings (SSSR count). The molecule has 0 saturated carbocycles. The molecule has 0 bridgehead atoms. The molecule has 0 saturated heterocycles. The summed E-state index contributed by atoms with van der Waals surface area (Å²) in [5, 5.41) is 2.78. The van der Waals surface area contributed by atoms with Gasteiger partial charge in [0.1, 0.15) is 18.0 Å². The van der Waals surface area contributed by atoms with Crippen molar-refractivity contribution in [2.45, 2.75) is 13.5 Å². The summed E-state index contributed by atoms with van der Waals surface area (Å²) in [5.41, 5.74) is 2.83. The van der Waals surface area contributed by atoms with Gasteiger partial charge in [-0.3, -0.25) is 14.3 Å². The van der Waals surface area contributed by atoms with Crippen molar-refractivity contribution < 1.29 is 9.53 Å². The van der Waals surface area contributed by atoms with E-state index in [2.05, 4.69) is 5.32 Å². The first-order valence-electron chi connectivity index (χ1n) is 9.97. The van der Waals surface area contributed by atoms with E-state index in [1.807, 2.05) is 72.8 Å². The number of amides is 1. The molecular weight excluding hydrogens is 390 g/mol. The van der Waals surface area contributed by atoms with Crippen molar-refractivity contribution in [2.24, 2.45) is 7.05 Å². The van der Waals surface area contributed by atoms with Gasteiger partial charge >= 0.3 is 0 Å². The van der Waals surface area contributed by atoms with Gasteiger partial charge in [-0.25, -0.2) is 4.68 Å². The summed E-state index contributed by atoms with van der Waals surface area (Å²) in [4.78, 5) is 25.7. The van der Waals surface area contributed by atoms with Crippen LogP contribution in [0, 0.1) is 6.92 Å². The van der Waals surface area contributed by atoms with Crippen LogP contribution in [0.1, 0.15) is 21.6 Å². The molecule has 0 unspecified atom stereocenters. The topological polar surface area (TPSA) is 65.3 Å². The van der Waals surface area contributed by atoms with Crippen LogP contribution in [0.2, 0.25) is 0 Å². The van der Waals surface area contributed by atoms with E-state index in [-0.39, 0.29) is 17.2 Å². The van der Waals surface area contributed by atoms with Crippen molar-refractivity contribution in [3.05, 3.63) is 112 Å². The number of anilines is 1. The molecule has 0 aliphatic carbocycles. The third-order valence-electron chi connectivity index (χ3n) is 5.16. The van der Waals surface area contributed by atoms with Gasteiger partial charge in [0.05, 0.1) is 11.4 Å². The number of hydrogen-bond donors (Lipinski definition) is 1. The number of ether oxygens (including phenoxy) is 1. The Morgan fingerprint density at radius 3 is 2.16 bits per heavy atom. The Morgan fingerprint density at radius 1 is 0.903 bits per heavy atom. The summed E-state index contributed by atoms with van der Waals surface area (Å²) in [6.45, 7) is 2.21. The van der Waals surface area contributed by atoms with Crippen molar-refractivity contribution >= 4 is 11.6 Å². The minimum atomic E-state index is -0.332. The molecule has 0 aliphatic heterocycles. The Hall–Kier alpha value is -4.06. The molecule has 4 aromatic rings. The quantitative estimate of drug-likeness (QED) is 0.512. The van der Waals surface area contributed by atoms with E-state index in [0.717, 1.165) is 17.0 Å². The smallest absolute Gasteiger partial charge is 0.295 e. The predicted molar refractivity (Wildman–Crippen MR) is 121 cm³/mol. The monoisotopic (exact) mass is 413 g/mol. The molecule has 31 heavy (non-hydrogen) atoms. The zero-order valence-electron chi connectivity index (χ0n) is 17.4. The molecule has 0 spiro atoms. The van der Waals surface area contributed by atoms with E-state index < -0.39 is 0 Å². The van der Waals surface area contributed by atoms with E-state index in [1.165, 1.54) is 4.68 Å². The van der Waals surface area contributed by atoms with Gasteiger partial charge in [-0.2, -0.15) is 0 Å². The maximum atomic E-state index is 13.0. The lowest BCUT2D eigenvalue weighted by atomic mass is 10.1. The van der Waals surface area contributed by atoms with E-state index in [9.17, 15) is 9.59 Å². The molecule has 0 aliphatic rings. The Bertz CT molecular complexity index is 1240. The van der Waals surface area contributed by atoms with Crippen LogP contribution in [0.25, 0.3) is 5.69 Å². The minimum absolute atomic E-state index is 0.271. The van der Waals surface area contributed by atoms with Crippen LogP contribution in [0.4, 0.5) is 5.69 Å². The van der Waals surface area contributed by atoms with Crippen LogP contribution in [0.3, 0.4) is 0 Å². The lowest BCUT2D eigenvalue weighted by Gasteiger charge is -2.08. The third kappa shape index (κ3) is 4.28. The zero-order valence-corrected chi connectivity index (χ0v) is 17.4. The molecule has 0 fully saturated rings. The summed E-state index contributed by atoms with van der Waals surface area (Å²) >= 11 is 0. The number of rotatable bonds is 6. The molecule has 1 amide bonds. The number of hydrogen-bond acceptors (Lipinski definition) is 3. The van der Waals surface area contributed by atoms with Crippen LogP contribution in [-0.4, -0.2) is 15.3 Å². The Kier molecular flexibility index (Phi) is 5.71. The van der Waals surface area contributed by atoms with Gasteiger partial charge in [-0.1, -0.05) is 48.5 Å². The van der Waals surface area contributed by atoms with Gasteiger partial charge < -0.3 is 10.1 Å². The Labute approximate surface area is 180 Å². The normalized spacial score (nSPS) is 10.6. The number of para-hydroxylation sites is 2. The molecule has 0 atom stereocenters. The van der Waals surface area contributed by atoms with Crippen molar-refractivity contribution in [1.82, 2.24) is 9.36 Å². The first-order chi connectivity index (χ1) is 15.0. The number of carbonyl (C=O) groups excluding carboxylic acids is 1. The van der Waals surface area contributed by atoms with E-state index >= 15 is 0 Å². The Balaban J connectivity index is 1.49. The molecule has 6 nitrogen and oxygen atoms in total.